The lowest BCUT2D eigenvalue weighted by molar-refractivity contribution is -0.137. The summed E-state index contributed by atoms with van der Waals surface area (Å²) in [7, 11) is 1.74. The lowest BCUT2D eigenvalue weighted by Gasteiger charge is -2.21. The van der Waals surface area contributed by atoms with Gasteiger partial charge in [-0.2, -0.15) is 4.98 Å². The van der Waals surface area contributed by atoms with E-state index in [4.69, 9.17) is 4.52 Å². The Morgan fingerprint density at radius 3 is 2.81 bits per heavy atom. The van der Waals surface area contributed by atoms with E-state index in [0.717, 1.165) is 25.2 Å². The lowest BCUT2D eigenvalue weighted by Crippen LogP contribution is -2.10. The minimum Gasteiger partial charge on any atom is -0.481 e. The van der Waals surface area contributed by atoms with Gasteiger partial charge in [0.05, 0.1) is 6.42 Å². The number of aromatic nitrogens is 4. The predicted octanol–water partition coefficient (Wildman–Crippen LogP) is 3.88. The van der Waals surface area contributed by atoms with Crippen molar-refractivity contribution in [3.63, 3.8) is 0 Å². The van der Waals surface area contributed by atoms with Crippen molar-refractivity contribution in [2.24, 2.45) is 5.92 Å². The molecule has 146 valence electrons. The standard InChI is InChI=1S/C19H27N5O3/c1-20-17-16(21-10-11-22-17)18-23-19(27-24-18)14(12-15(25)26)9-5-8-13-6-3-2-4-7-13/h10-11,13-14H,2-9,12H2,1H3,(H,20,22)(H,25,26). The molecule has 0 bridgehead atoms. The third-order valence-electron chi connectivity index (χ3n) is 5.25. The maximum absolute atomic E-state index is 11.3. The van der Waals surface area contributed by atoms with Crippen LogP contribution >= 0.6 is 0 Å². The largest absolute Gasteiger partial charge is 0.481 e. The molecule has 1 unspecified atom stereocenters. The summed E-state index contributed by atoms with van der Waals surface area (Å²) in [5, 5.41) is 16.2. The SMILES string of the molecule is CNc1nccnc1-c1noc(C(CCCC2CCCCC2)CC(=O)O)n1. The van der Waals surface area contributed by atoms with Crippen molar-refractivity contribution in [1.29, 1.82) is 0 Å². The van der Waals surface area contributed by atoms with Crippen molar-refractivity contribution in [1.82, 2.24) is 20.1 Å². The number of carbonyl (C=O) groups is 1. The molecule has 27 heavy (non-hydrogen) atoms. The second kappa shape index (κ2) is 9.43. The molecule has 0 radical (unpaired) electrons. The normalized spacial score (nSPS) is 16.2. The Kier molecular flexibility index (Phi) is 6.73. The van der Waals surface area contributed by atoms with Gasteiger partial charge >= 0.3 is 5.97 Å². The van der Waals surface area contributed by atoms with Crippen molar-refractivity contribution in [3.8, 4) is 11.5 Å². The van der Waals surface area contributed by atoms with Crippen LogP contribution in [0.3, 0.4) is 0 Å². The van der Waals surface area contributed by atoms with Gasteiger partial charge in [-0.05, 0) is 12.3 Å². The molecule has 0 spiro atoms. The number of aliphatic carboxylic acids is 1. The highest BCUT2D eigenvalue weighted by molar-refractivity contribution is 5.68. The molecule has 2 aromatic heterocycles. The predicted molar refractivity (Wildman–Crippen MR) is 100 cm³/mol. The summed E-state index contributed by atoms with van der Waals surface area (Å²) in [5.74, 6) is 0.890. The van der Waals surface area contributed by atoms with Gasteiger partial charge < -0.3 is 14.9 Å². The summed E-state index contributed by atoms with van der Waals surface area (Å²) in [6.45, 7) is 0. The zero-order valence-corrected chi connectivity index (χ0v) is 15.7. The van der Waals surface area contributed by atoms with Gasteiger partial charge in [-0.1, -0.05) is 50.1 Å². The topological polar surface area (TPSA) is 114 Å². The number of rotatable bonds is 9. The van der Waals surface area contributed by atoms with Crippen LogP contribution in [0.5, 0.6) is 0 Å². The van der Waals surface area contributed by atoms with E-state index in [1.165, 1.54) is 32.1 Å². The van der Waals surface area contributed by atoms with E-state index in [0.29, 0.717) is 23.2 Å². The minimum absolute atomic E-state index is 0.00828. The second-order valence-electron chi connectivity index (χ2n) is 7.19. The van der Waals surface area contributed by atoms with Gasteiger partial charge in [0.15, 0.2) is 11.5 Å². The quantitative estimate of drug-likeness (QED) is 0.680. The van der Waals surface area contributed by atoms with E-state index in [1.54, 1.807) is 19.4 Å². The first kappa shape index (κ1) is 19.3. The fourth-order valence-corrected chi connectivity index (χ4v) is 3.83. The molecule has 0 amide bonds. The molecule has 2 heterocycles. The Hall–Kier alpha value is -2.51. The molecule has 1 fully saturated rings. The van der Waals surface area contributed by atoms with Crippen LogP contribution in [0.1, 0.15) is 69.6 Å². The van der Waals surface area contributed by atoms with E-state index in [-0.39, 0.29) is 12.3 Å². The van der Waals surface area contributed by atoms with Gasteiger partial charge in [0.25, 0.3) is 0 Å². The third kappa shape index (κ3) is 5.24. The molecule has 0 saturated heterocycles. The van der Waals surface area contributed by atoms with Crippen molar-refractivity contribution >= 4 is 11.8 Å². The van der Waals surface area contributed by atoms with Crippen LogP contribution in [0.4, 0.5) is 5.82 Å². The first-order valence-corrected chi connectivity index (χ1v) is 9.72. The molecular weight excluding hydrogens is 346 g/mol. The second-order valence-corrected chi connectivity index (χ2v) is 7.19. The summed E-state index contributed by atoms with van der Waals surface area (Å²) in [4.78, 5) is 24.2. The zero-order valence-electron chi connectivity index (χ0n) is 15.7. The van der Waals surface area contributed by atoms with Gasteiger partial charge in [-0.3, -0.25) is 4.79 Å². The smallest absolute Gasteiger partial charge is 0.304 e. The van der Waals surface area contributed by atoms with Crippen LogP contribution in [0.25, 0.3) is 11.5 Å². The molecule has 1 saturated carbocycles. The number of carboxylic acid groups (broad SMARTS) is 1. The molecule has 0 aromatic carbocycles. The molecule has 8 nitrogen and oxygen atoms in total. The number of nitrogens with one attached hydrogen (secondary N) is 1. The summed E-state index contributed by atoms with van der Waals surface area (Å²) in [5.41, 5.74) is 0.492. The summed E-state index contributed by atoms with van der Waals surface area (Å²) >= 11 is 0. The Labute approximate surface area is 158 Å². The van der Waals surface area contributed by atoms with E-state index < -0.39 is 5.97 Å². The molecule has 1 aliphatic carbocycles. The molecule has 0 aliphatic heterocycles. The highest BCUT2D eigenvalue weighted by Gasteiger charge is 2.24. The molecular formula is C19H27N5O3. The van der Waals surface area contributed by atoms with Crippen molar-refractivity contribution in [2.45, 2.75) is 63.7 Å². The van der Waals surface area contributed by atoms with Crippen LogP contribution in [-0.4, -0.2) is 38.2 Å². The van der Waals surface area contributed by atoms with Crippen LogP contribution in [0, 0.1) is 5.92 Å². The number of anilines is 1. The summed E-state index contributed by atoms with van der Waals surface area (Å²) in [6.07, 6.45) is 12.6. The highest BCUT2D eigenvalue weighted by Crippen LogP contribution is 2.32. The monoisotopic (exact) mass is 373 g/mol. The lowest BCUT2D eigenvalue weighted by atomic mass is 9.84. The maximum atomic E-state index is 11.3. The average Bonchev–Trinajstić information content (AvgIpc) is 3.17. The molecule has 1 aliphatic rings. The van der Waals surface area contributed by atoms with Crippen LogP contribution in [-0.2, 0) is 4.79 Å². The molecule has 1 atom stereocenters. The van der Waals surface area contributed by atoms with E-state index in [2.05, 4.69) is 25.4 Å². The molecule has 3 rings (SSSR count). The van der Waals surface area contributed by atoms with E-state index in [1.807, 2.05) is 0 Å². The summed E-state index contributed by atoms with van der Waals surface area (Å²) < 4.78 is 5.40. The highest BCUT2D eigenvalue weighted by atomic mass is 16.5. The fraction of sp³-hybridized carbons (Fsp3) is 0.632. The van der Waals surface area contributed by atoms with Crippen molar-refractivity contribution in [3.05, 3.63) is 18.3 Å². The van der Waals surface area contributed by atoms with Crippen LogP contribution < -0.4 is 5.32 Å². The van der Waals surface area contributed by atoms with E-state index in [9.17, 15) is 9.90 Å². The maximum Gasteiger partial charge on any atom is 0.304 e. The Morgan fingerprint density at radius 1 is 1.30 bits per heavy atom. The van der Waals surface area contributed by atoms with Crippen molar-refractivity contribution in [2.75, 3.05) is 12.4 Å². The van der Waals surface area contributed by atoms with Crippen LogP contribution in [0.15, 0.2) is 16.9 Å². The Bertz CT molecular complexity index is 742. The van der Waals surface area contributed by atoms with Crippen LogP contribution in [0.2, 0.25) is 0 Å². The zero-order chi connectivity index (χ0) is 19.1. The Balaban J connectivity index is 1.67. The minimum atomic E-state index is -0.854. The van der Waals surface area contributed by atoms with Gasteiger partial charge in [-0.25, -0.2) is 9.97 Å². The number of nitrogens with zero attached hydrogens (tertiary/aromatic N) is 4. The summed E-state index contributed by atoms with van der Waals surface area (Å²) in [6, 6.07) is 0. The van der Waals surface area contributed by atoms with Crippen molar-refractivity contribution < 1.29 is 14.4 Å². The first-order chi connectivity index (χ1) is 13.2. The number of hydrogen-bond acceptors (Lipinski definition) is 7. The first-order valence-electron chi connectivity index (χ1n) is 9.72. The number of carboxylic acids is 1. The molecule has 2 N–H and O–H groups in total. The third-order valence-corrected chi connectivity index (χ3v) is 5.25. The molecule has 2 aromatic rings. The van der Waals surface area contributed by atoms with Gasteiger partial charge in [0.2, 0.25) is 11.7 Å². The molecule has 8 heteroatoms. The average molecular weight is 373 g/mol. The van der Waals surface area contributed by atoms with Gasteiger partial charge in [0, 0.05) is 25.4 Å². The number of hydrogen-bond donors (Lipinski definition) is 2. The Morgan fingerprint density at radius 2 is 2.07 bits per heavy atom. The van der Waals surface area contributed by atoms with Gasteiger partial charge in [0.1, 0.15) is 0 Å². The van der Waals surface area contributed by atoms with E-state index >= 15 is 0 Å². The fourth-order valence-electron chi connectivity index (χ4n) is 3.83. The van der Waals surface area contributed by atoms with Gasteiger partial charge in [-0.15, -0.1) is 0 Å².